The lowest BCUT2D eigenvalue weighted by Crippen LogP contribution is -2.12. The van der Waals surface area contributed by atoms with Gasteiger partial charge in [0.05, 0.1) is 17.8 Å². The molecule has 1 amide bonds. The average molecular weight is 359 g/mol. The fourth-order valence-corrected chi connectivity index (χ4v) is 2.66. The maximum atomic E-state index is 12.1. The molecule has 27 heavy (non-hydrogen) atoms. The monoisotopic (exact) mass is 359 g/mol. The maximum absolute atomic E-state index is 12.1. The molecular weight excluding hydrogens is 338 g/mol. The number of rotatable bonds is 6. The Morgan fingerprint density at radius 3 is 2.48 bits per heavy atom. The van der Waals surface area contributed by atoms with E-state index in [4.69, 9.17) is 9.68 Å². The van der Waals surface area contributed by atoms with Gasteiger partial charge in [0, 0.05) is 24.1 Å². The Bertz CT molecular complexity index is 948. The first-order valence-electron chi connectivity index (χ1n) is 8.90. The second-order valence-corrected chi connectivity index (χ2v) is 6.63. The van der Waals surface area contributed by atoms with Crippen LogP contribution in [0.15, 0.2) is 59.1 Å². The Labute approximate surface area is 158 Å². The van der Waals surface area contributed by atoms with Crippen LogP contribution in [0.1, 0.15) is 43.2 Å². The van der Waals surface area contributed by atoms with E-state index in [9.17, 15) is 4.79 Å². The van der Waals surface area contributed by atoms with Crippen molar-refractivity contribution < 1.29 is 9.21 Å². The van der Waals surface area contributed by atoms with Crippen molar-refractivity contribution in [3.05, 3.63) is 71.7 Å². The first-order chi connectivity index (χ1) is 13.0. The average Bonchev–Trinajstić information content (AvgIpc) is 3.16. The number of aromatic nitrogens is 1. The Kier molecular flexibility index (Phi) is 5.68. The third-order valence-corrected chi connectivity index (χ3v) is 4.28. The molecule has 5 nitrogen and oxygen atoms in total. The molecule has 0 saturated heterocycles. The van der Waals surface area contributed by atoms with E-state index in [0.717, 1.165) is 5.56 Å². The minimum atomic E-state index is -0.124. The summed E-state index contributed by atoms with van der Waals surface area (Å²) < 4.78 is 5.77. The van der Waals surface area contributed by atoms with Crippen molar-refractivity contribution in [3.8, 4) is 17.4 Å². The molecule has 0 spiro atoms. The summed E-state index contributed by atoms with van der Waals surface area (Å²) in [6.45, 7) is 4.31. The quantitative estimate of drug-likeness (QED) is 0.678. The highest BCUT2D eigenvalue weighted by Crippen LogP contribution is 2.23. The van der Waals surface area contributed by atoms with Gasteiger partial charge >= 0.3 is 0 Å². The zero-order valence-corrected chi connectivity index (χ0v) is 15.4. The Morgan fingerprint density at radius 1 is 1.15 bits per heavy atom. The van der Waals surface area contributed by atoms with Gasteiger partial charge in [-0.2, -0.15) is 5.26 Å². The number of benzene rings is 2. The maximum Gasteiger partial charge on any atom is 0.224 e. The van der Waals surface area contributed by atoms with E-state index in [0.29, 0.717) is 35.2 Å². The molecule has 0 radical (unpaired) electrons. The van der Waals surface area contributed by atoms with Crippen molar-refractivity contribution >= 4 is 11.6 Å². The van der Waals surface area contributed by atoms with Crippen LogP contribution in [-0.2, 0) is 11.2 Å². The van der Waals surface area contributed by atoms with Gasteiger partial charge in [-0.05, 0) is 35.7 Å². The normalized spacial score (nSPS) is 10.6. The lowest BCUT2D eigenvalue weighted by Gasteiger charge is -2.05. The SMILES string of the molecule is CC(C)c1ccc(-c2cnc(CCC(=O)Nc3ccc(C#N)cc3)o2)cc1. The van der Waals surface area contributed by atoms with Crippen molar-refractivity contribution in [3.63, 3.8) is 0 Å². The molecule has 0 aliphatic heterocycles. The predicted octanol–water partition coefficient (Wildman–Crippen LogP) is 4.91. The molecule has 0 saturated carbocycles. The number of carbonyl (C=O) groups is 1. The Morgan fingerprint density at radius 2 is 1.85 bits per heavy atom. The fourth-order valence-electron chi connectivity index (χ4n) is 2.66. The fraction of sp³-hybridized carbons (Fsp3) is 0.227. The first-order valence-corrected chi connectivity index (χ1v) is 8.90. The van der Waals surface area contributed by atoms with Crippen molar-refractivity contribution in [2.45, 2.75) is 32.6 Å². The van der Waals surface area contributed by atoms with Gasteiger partial charge in [0.25, 0.3) is 0 Å². The number of carbonyl (C=O) groups excluding carboxylic acids is 1. The highest BCUT2D eigenvalue weighted by molar-refractivity contribution is 5.90. The van der Waals surface area contributed by atoms with Gasteiger partial charge < -0.3 is 9.73 Å². The van der Waals surface area contributed by atoms with Crippen LogP contribution in [0.5, 0.6) is 0 Å². The summed E-state index contributed by atoms with van der Waals surface area (Å²) in [5, 5.41) is 11.6. The zero-order valence-electron chi connectivity index (χ0n) is 15.4. The van der Waals surface area contributed by atoms with E-state index >= 15 is 0 Å². The first kappa shape index (κ1) is 18.4. The van der Waals surface area contributed by atoms with E-state index in [1.54, 1.807) is 30.5 Å². The minimum absolute atomic E-state index is 0.124. The van der Waals surface area contributed by atoms with E-state index in [-0.39, 0.29) is 12.3 Å². The van der Waals surface area contributed by atoms with Crippen LogP contribution in [0.4, 0.5) is 5.69 Å². The largest absolute Gasteiger partial charge is 0.441 e. The predicted molar refractivity (Wildman–Crippen MR) is 104 cm³/mol. The zero-order chi connectivity index (χ0) is 19.2. The number of amides is 1. The number of hydrogen-bond acceptors (Lipinski definition) is 4. The molecule has 0 atom stereocenters. The number of aryl methyl sites for hydroxylation is 1. The summed E-state index contributed by atoms with van der Waals surface area (Å²) >= 11 is 0. The molecule has 2 aromatic carbocycles. The van der Waals surface area contributed by atoms with E-state index in [1.165, 1.54) is 5.56 Å². The summed E-state index contributed by atoms with van der Waals surface area (Å²) in [6, 6.07) is 17.0. The number of nitrogens with zero attached hydrogens (tertiary/aromatic N) is 2. The van der Waals surface area contributed by atoms with E-state index in [2.05, 4.69) is 36.3 Å². The molecule has 1 heterocycles. The van der Waals surface area contributed by atoms with Crippen molar-refractivity contribution in [2.24, 2.45) is 0 Å². The summed E-state index contributed by atoms with van der Waals surface area (Å²) in [7, 11) is 0. The van der Waals surface area contributed by atoms with Crippen LogP contribution in [0.3, 0.4) is 0 Å². The van der Waals surface area contributed by atoms with Crippen LogP contribution in [0.2, 0.25) is 0 Å². The molecule has 0 aliphatic carbocycles. The van der Waals surface area contributed by atoms with Crippen molar-refractivity contribution in [2.75, 3.05) is 5.32 Å². The van der Waals surface area contributed by atoms with E-state index in [1.807, 2.05) is 18.2 Å². The second-order valence-electron chi connectivity index (χ2n) is 6.63. The Hall–Kier alpha value is -3.39. The standard InChI is InChI=1S/C22H21N3O2/c1-15(2)17-5-7-18(8-6-17)20-14-24-22(27-20)12-11-21(26)25-19-9-3-16(13-23)4-10-19/h3-10,14-15H,11-12H2,1-2H3,(H,25,26). The Balaban J connectivity index is 1.55. The highest BCUT2D eigenvalue weighted by atomic mass is 16.4. The molecule has 1 aromatic heterocycles. The lowest BCUT2D eigenvalue weighted by atomic mass is 10.0. The van der Waals surface area contributed by atoms with Gasteiger partial charge in [-0.3, -0.25) is 4.79 Å². The molecule has 0 bridgehead atoms. The van der Waals surface area contributed by atoms with Crippen LogP contribution >= 0.6 is 0 Å². The molecule has 3 aromatic rings. The number of nitrogens with one attached hydrogen (secondary N) is 1. The highest BCUT2D eigenvalue weighted by Gasteiger charge is 2.10. The number of nitriles is 1. The third-order valence-electron chi connectivity index (χ3n) is 4.28. The van der Waals surface area contributed by atoms with Gasteiger partial charge in [0.15, 0.2) is 11.7 Å². The van der Waals surface area contributed by atoms with E-state index < -0.39 is 0 Å². The second kappa shape index (κ2) is 8.33. The molecular formula is C22H21N3O2. The van der Waals surface area contributed by atoms with Crippen LogP contribution < -0.4 is 5.32 Å². The summed E-state index contributed by atoms with van der Waals surface area (Å²) in [5.74, 6) is 1.60. The van der Waals surface area contributed by atoms with Crippen molar-refractivity contribution in [1.29, 1.82) is 5.26 Å². The molecule has 5 heteroatoms. The molecule has 0 aliphatic rings. The summed E-state index contributed by atoms with van der Waals surface area (Å²) in [5.41, 5.74) is 3.47. The van der Waals surface area contributed by atoms with Gasteiger partial charge in [-0.25, -0.2) is 4.98 Å². The van der Waals surface area contributed by atoms with Crippen LogP contribution in [0, 0.1) is 11.3 Å². The molecule has 0 fully saturated rings. The smallest absolute Gasteiger partial charge is 0.224 e. The topological polar surface area (TPSA) is 78.9 Å². The van der Waals surface area contributed by atoms with Crippen LogP contribution in [-0.4, -0.2) is 10.9 Å². The van der Waals surface area contributed by atoms with Crippen molar-refractivity contribution in [1.82, 2.24) is 4.98 Å². The summed E-state index contributed by atoms with van der Waals surface area (Å²) in [4.78, 5) is 16.3. The summed E-state index contributed by atoms with van der Waals surface area (Å²) in [6.07, 6.45) is 2.39. The van der Waals surface area contributed by atoms with Crippen LogP contribution in [0.25, 0.3) is 11.3 Å². The number of anilines is 1. The minimum Gasteiger partial charge on any atom is -0.441 e. The molecule has 3 rings (SSSR count). The number of hydrogen-bond donors (Lipinski definition) is 1. The van der Waals surface area contributed by atoms with Gasteiger partial charge in [0.1, 0.15) is 0 Å². The third kappa shape index (κ3) is 4.83. The van der Waals surface area contributed by atoms with Gasteiger partial charge in [-0.1, -0.05) is 38.1 Å². The lowest BCUT2D eigenvalue weighted by molar-refractivity contribution is -0.116. The molecule has 1 N–H and O–H groups in total. The van der Waals surface area contributed by atoms with Gasteiger partial charge in [0.2, 0.25) is 5.91 Å². The number of oxazole rings is 1. The molecule has 0 unspecified atom stereocenters. The van der Waals surface area contributed by atoms with Gasteiger partial charge in [-0.15, -0.1) is 0 Å². The molecule has 136 valence electrons.